The van der Waals surface area contributed by atoms with E-state index in [9.17, 15) is 0 Å². The van der Waals surface area contributed by atoms with Crippen molar-refractivity contribution in [2.75, 3.05) is 31.1 Å². The van der Waals surface area contributed by atoms with E-state index in [2.05, 4.69) is 31.2 Å². The highest BCUT2D eigenvalue weighted by Gasteiger charge is 2.18. The molecule has 24 heavy (non-hydrogen) atoms. The van der Waals surface area contributed by atoms with Gasteiger partial charge in [0.2, 0.25) is 0 Å². The lowest BCUT2D eigenvalue weighted by Gasteiger charge is -2.35. The van der Waals surface area contributed by atoms with Crippen molar-refractivity contribution in [3.8, 4) is 6.07 Å². The first-order valence-corrected chi connectivity index (χ1v) is 7.95. The van der Waals surface area contributed by atoms with Gasteiger partial charge < -0.3 is 4.90 Å². The summed E-state index contributed by atoms with van der Waals surface area (Å²) in [5.41, 5.74) is 2.71. The predicted octanol–water partition coefficient (Wildman–Crippen LogP) is 1.32. The second kappa shape index (κ2) is 6.26. The lowest BCUT2D eigenvalue weighted by Crippen LogP contribution is -2.46. The van der Waals surface area contributed by atoms with Crippen LogP contribution in [-0.2, 0) is 6.54 Å². The quantitative estimate of drug-likeness (QED) is 0.725. The molecule has 4 rings (SSSR count). The van der Waals surface area contributed by atoms with Crippen molar-refractivity contribution in [2.45, 2.75) is 6.54 Å². The first-order chi connectivity index (χ1) is 11.8. The van der Waals surface area contributed by atoms with Gasteiger partial charge in [-0.05, 0) is 29.8 Å². The molecule has 0 spiro atoms. The standard InChI is InChI=1S/C17H17N7/c18-11-14-1-3-15(4-2-14)12-22-7-9-23(10-8-22)17-6-5-16-20-19-13-24(16)21-17/h1-6,13H,7-10,12H2. The van der Waals surface area contributed by atoms with Crippen molar-refractivity contribution < 1.29 is 0 Å². The molecule has 1 aliphatic rings. The molecule has 3 heterocycles. The van der Waals surface area contributed by atoms with E-state index < -0.39 is 0 Å². The Bertz CT molecular complexity index is 870. The number of fused-ring (bicyclic) bond motifs is 1. The van der Waals surface area contributed by atoms with Gasteiger partial charge in [0.15, 0.2) is 5.65 Å². The van der Waals surface area contributed by atoms with Crippen LogP contribution in [0.15, 0.2) is 42.7 Å². The predicted molar refractivity (Wildman–Crippen MR) is 89.4 cm³/mol. The zero-order chi connectivity index (χ0) is 16.4. The summed E-state index contributed by atoms with van der Waals surface area (Å²) in [5.74, 6) is 0.959. The van der Waals surface area contributed by atoms with Crippen molar-refractivity contribution in [3.05, 3.63) is 53.9 Å². The summed E-state index contributed by atoms with van der Waals surface area (Å²) in [5, 5.41) is 21.3. The molecule has 2 aromatic heterocycles. The number of piperazine rings is 1. The largest absolute Gasteiger partial charge is 0.353 e. The van der Waals surface area contributed by atoms with Crippen LogP contribution in [0.2, 0.25) is 0 Å². The molecular formula is C17H17N7. The van der Waals surface area contributed by atoms with E-state index in [1.165, 1.54) is 5.56 Å². The van der Waals surface area contributed by atoms with E-state index in [4.69, 9.17) is 5.26 Å². The molecule has 1 saturated heterocycles. The van der Waals surface area contributed by atoms with Crippen LogP contribution in [0.3, 0.4) is 0 Å². The molecule has 1 fully saturated rings. The highest BCUT2D eigenvalue weighted by atomic mass is 15.4. The normalized spacial score (nSPS) is 15.5. The lowest BCUT2D eigenvalue weighted by atomic mass is 10.1. The molecule has 0 N–H and O–H groups in total. The molecule has 7 heteroatoms. The summed E-state index contributed by atoms with van der Waals surface area (Å²) in [6.07, 6.45) is 1.62. The zero-order valence-electron chi connectivity index (χ0n) is 13.2. The van der Waals surface area contributed by atoms with Crippen LogP contribution in [0.25, 0.3) is 5.65 Å². The number of rotatable bonds is 3. The van der Waals surface area contributed by atoms with Crippen LogP contribution in [0.1, 0.15) is 11.1 Å². The van der Waals surface area contributed by atoms with E-state index in [0.717, 1.165) is 44.2 Å². The lowest BCUT2D eigenvalue weighted by molar-refractivity contribution is 0.249. The van der Waals surface area contributed by atoms with Gasteiger partial charge in [0.05, 0.1) is 11.6 Å². The van der Waals surface area contributed by atoms with Gasteiger partial charge in [-0.1, -0.05) is 12.1 Å². The van der Waals surface area contributed by atoms with Crippen molar-refractivity contribution in [1.82, 2.24) is 24.7 Å². The molecule has 0 unspecified atom stereocenters. The molecule has 7 nitrogen and oxygen atoms in total. The summed E-state index contributed by atoms with van der Waals surface area (Å²) in [6.45, 7) is 4.77. The van der Waals surface area contributed by atoms with Crippen molar-refractivity contribution in [1.29, 1.82) is 5.26 Å². The maximum Gasteiger partial charge on any atom is 0.177 e. The SMILES string of the molecule is N#Cc1ccc(CN2CCN(c3ccc4nncn4n3)CC2)cc1. The molecule has 0 amide bonds. The number of anilines is 1. The minimum atomic E-state index is 0.707. The topological polar surface area (TPSA) is 73.4 Å². The Morgan fingerprint density at radius 2 is 1.79 bits per heavy atom. The third-order valence-corrected chi connectivity index (χ3v) is 4.33. The fourth-order valence-corrected chi connectivity index (χ4v) is 2.97. The summed E-state index contributed by atoms with van der Waals surface area (Å²) in [7, 11) is 0. The Labute approximate surface area is 139 Å². The van der Waals surface area contributed by atoms with Crippen LogP contribution in [0.4, 0.5) is 5.82 Å². The van der Waals surface area contributed by atoms with Crippen molar-refractivity contribution in [3.63, 3.8) is 0 Å². The third kappa shape index (κ3) is 2.92. The van der Waals surface area contributed by atoms with Gasteiger partial charge in [-0.3, -0.25) is 4.90 Å². The molecule has 0 aliphatic carbocycles. The van der Waals surface area contributed by atoms with Gasteiger partial charge in [-0.2, -0.15) is 9.78 Å². The van der Waals surface area contributed by atoms with Crippen LogP contribution in [-0.4, -0.2) is 50.9 Å². The Morgan fingerprint density at radius 1 is 1.00 bits per heavy atom. The minimum absolute atomic E-state index is 0.707. The van der Waals surface area contributed by atoms with Gasteiger partial charge in [-0.15, -0.1) is 15.3 Å². The van der Waals surface area contributed by atoms with Crippen LogP contribution >= 0.6 is 0 Å². The minimum Gasteiger partial charge on any atom is -0.353 e. The number of hydrogen-bond acceptors (Lipinski definition) is 6. The maximum atomic E-state index is 8.86. The number of nitriles is 1. The van der Waals surface area contributed by atoms with Crippen molar-refractivity contribution >= 4 is 11.5 Å². The van der Waals surface area contributed by atoms with E-state index in [0.29, 0.717) is 5.56 Å². The monoisotopic (exact) mass is 319 g/mol. The van der Waals surface area contributed by atoms with Crippen LogP contribution in [0, 0.1) is 11.3 Å². The van der Waals surface area contributed by atoms with E-state index >= 15 is 0 Å². The highest BCUT2D eigenvalue weighted by Crippen LogP contribution is 2.15. The molecular weight excluding hydrogens is 302 g/mol. The number of benzene rings is 1. The van der Waals surface area contributed by atoms with Gasteiger partial charge in [0.25, 0.3) is 0 Å². The molecule has 0 bridgehead atoms. The Hall–Kier alpha value is -2.98. The number of aromatic nitrogens is 4. The molecule has 1 aliphatic heterocycles. The van der Waals surface area contributed by atoms with Gasteiger partial charge in [-0.25, -0.2) is 0 Å². The van der Waals surface area contributed by atoms with E-state index in [1.807, 2.05) is 36.4 Å². The summed E-state index contributed by atoms with van der Waals surface area (Å²) in [6, 6.07) is 13.9. The molecule has 3 aromatic rings. The fourth-order valence-electron chi connectivity index (χ4n) is 2.97. The summed E-state index contributed by atoms with van der Waals surface area (Å²) >= 11 is 0. The average Bonchev–Trinajstić information content (AvgIpc) is 3.11. The van der Waals surface area contributed by atoms with Crippen LogP contribution < -0.4 is 4.90 Å². The molecule has 0 atom stereocenters. The van der Waals surface area contributed by atoms with E-state index in [1.54, 1.807) is 10.8 Å². The van der Waals surface area contributed by atoms with Crippen LogP contribution in [0.5, 0.6) is 0 Å². The Morgan fingerprint density at radius 3 is 2.54 bits per heavy atom. The third-order valence-electron chi connectivity index (χ3n) is 4.33. The van der Waals surface area contributed by atoms with Gasteiger partial charge in [0, 0.05) is 32.7 Å². The fraction of sp³-hybridized carbons (Fsp3) is 0.294. The Balaban J connectivity index is 1.38. The molecule has 0 saturated carbocycles. The number of nitrogens with zero attached hydrogens (tertiary/aromatic N) is 7. The van der Waals surface area contributed by atoms with Gasteiger partial charge in [0.1, 0.15) is 12.1 Å². The second-order valence-corrected chi connectivity index (χ2v) is 5.90. The van der Waals surface area contributed by atoms with E-state index in [-0.39, 0.29) is 0 Å². The van der Waals surface area contributed by atoms with Gasteiger partial charge >= 0.3 is 0 Å². The molecule has 1 aromatic carbocycles. The summed E-state index contributed by atoms with van der Waals surface area (Å²) < 4.78 is 1.71. The summed E-state index contributed by atoms with van der Waals surface area (Å²) in [4.78, 5) is 4.71. The first-order valence-electron chi connectivity index (χ1n) is 7.95. The molecule has 120 valence electrons. The average molecular weight is 319 g/mol. The smallest absolute Gasteiger partial charge is 0.177 e. The second-order valence-electron chi connectivity index (χ2n) is 5.90. The molecule has 0 radical (unpaired) electrons. The number of hydrogen-bond donors (Lipinski definition) is 0. The Kier molecular flexibility index (Phi) is 3.81. The highest BCUT2D eigenvalue weighted by molar-refractivity contribution is 5.45. The van der Waals surface area contributed by atoms with Crippen molar-refractivity contribution in [2.24, 2.45) is 0 Å². The zero-order valence-corrected chi connectivity index (χ0v) is 13.2. The maximum absolute atomic E-state index is 8.86. The first kappa shape index (κ1) is 14.6.